The molecule has 4 nitrogen and oxygen atoms in total. The van der Waals surface area contributed by atoms with Gasteiger partial charge in [-0.3, -0.25) is 4.79 Å². The summed E-state index contributed by atoms with van der Waals surface area (Å²) in [7, 11) is 3.39. The fraction of sp³-hybridized carbons (Fsp3) is 0.467. The number of carbonyl (C=O) groups is 1. The van der Waals surface area contributed by atoms with E-state index in [-0.39, 0.29) is 12.6 Å². The van der Waals surface area contributed by atoms with Crippen LogP contribution in [0.3, 0.4) is 0 Å². The molecule has 0 unspecified atom stereocenters. The Morgan fingerprint density at radius 3 is 2.47 bits per heavy atom. The lowest BCUT2D eigenvalue weighted by Gasteiger charge is -2.20. The van der Waals surface area contributed by atoms with Gasteiger partial charge in [-0.05, 0) is 37.5 Å². The Morgan fingerprint density at radius 1 is 1.32 bits per heavy atom. The molecule has 0 amide bonds. The molecule has 1 radical (unpaired) electrons. The third-order valence-corrected chi connectivity index (χ3v) is 3.13. The number of esters is 1. The summed E-state index contributed by atoms with van der Waals surface area (Å²) in [4.78, 5) is 13.4. The summed E-state index contributed by atoms with van der Waals surface area (Å²) in [6, 6.07) is 8.08. The number of methoxy groups -OCH3 is 1. The molecule has 0 saturated carbocycles. The van der Waals surface area contributed by atoms with Crippen molar-refractivity contribution in [3.8, 4) is 0 Å². The molecule has 0 aliphatic rings. The second kappa shape index (κ2) is 7.79. The molecular formula is C15H22NO3. The first-order valence-electron chi connectivity index (χ1n) is 6.40. The van der Waals surface area contributed by atoms with Gasteiger partial charge in [0.05, 0.1) is 13.0 Å². The van der Waals surface area contributed by atoms with E-state index in [1.807, 2.05) is 31.3 Å². The smallest absolute Gasteiger partial charge is 0.312 e. The highest BCUT2D eigenvalue weighted by Crippen LogP contribution is 2.16. The quantitative estimate of drug-likeness (QED) is 0.763. The molecular weight excluding hydrogens is 242 g/mol. The maximum Gasteiger partial charge on any atom is 0.312 e. The molecule has 0 aliphatic carbocycles. The average molecular weight is 264 g/mol. The number of ether oxygens (including phenoxy) is 1. The van der Waals surface area contributed by atoms with Gasteiger partial charge in [-0.2, -0.15) is 0 Å². The third kappa shape index (κ3) is 4.91. The SMILES string of the molecule is COC(=O)[C](C)CCN(C)c1ccc(CCO)cc1. The highest BCUT2D eigenvalue weighted by atomic mass is 16.5. The van der Waals surface area contributed by atoms with Crippen molar-refractivity contribution >= 4 is 11.7 Å². The third-order valence-electron chi connectivity index (χ3n) is 3.13. The van der Waals surface area contributed by atoms with Crippen LogP contribution in [-0.2, 0) is 16.0 Å². The molecule has 4 heteroatoms. The first kappa shape index (κ1) is 15.5. The van der Waals surface area contributed by atoms with Gasteiger partial charge in [0.25, 0.3) is 0 Å². The number of benzene rings is 1. The molecule has 0 saturated heterocycles. The van der Waals surface area contributed by atoms with Crippen LogP contribution in [0.15, 0.2) is 24.3 Å². The predicted molar refractivity (Wildman–Crippen MR) is 76.1 cm³/mol. The van der Waals surface area contributed by atoms with Crippen LogP contribution in [0.2, 0.25) is 0 Å². The van der Waals surface area contributed by atoms with E-state index in [0.29, 0.717) is 12.8 Å². The van der Waals surface area contributed by atoms with Crippen LogP contribution < -0.4 is 4.90 Å². The molecule has 0 bridgehead atoms. The van der Waals surface area contributed by atoms with Crippen molar-refractivity contribution in [2.75, 3.05) is 32.2 Å². The van der Waals surface area contributed by atoms with E-state index >= 15 is 0 Å². The highest BCUT2D eigenvalue weighted by Gasteiger charge is 2.14. The van der Waals surface area contributed by atoms with Gasteiger partial charge in [0.1, 0.15) is 0 Å². The summed E-state index contributed by atoms with van der Waals surface area (Å²) in [6.45, 7) is 2.73. The Kier molecular flexibility index (Phi) is 6.36. The standard InChI is InChI=1S/C15H22NO3/c1-12(15(18)19-3)8-10-16(2)14-6-4-13(5-7-14)9-11-17/h4-7,17H,8-11H2,1-3H3. The van der Waals surface area contributed by atoms with Gasteiger partial charge in [0, 0.05) is 25.9 Å². The number of rotatable bonds is 7. The van der Waals surface area contributed by atoms with E-state index < -0.39 is 0 Å². The maximum absolute atomic E-state index is 11.3. The highest BCUT2D eigenvalue weighted by molar-refractivity contribution is 5.83. The van der Waals surface area contributed by atoms with Gasteiger partial charge in [-0.25, -0.2) is 0 Å². The molecule has 0 fully saturated rings. The van der Waals surface area contributed by atoms with Crippen molar-refractivity contribution in [1.29, 1.82) is 0 Å². The van der Waals surface area contributed by atoms with Gasteiger partial charge in [-0.1, -0.05) is 12.1 Å². The molecule has 0 aromatic heterocycles. The van der Waals surface area contributed by atoms with Gasteiger partial charge in [0.2, 0.25) is 0 Å². The largest absolute Gasteiger partial charge is 0.469 e. The Hall–Kier alpha value is -1.55. The summed E-state index contributed by atoms with van der Waals surface area (Å²) in [6.07, 6.45) is 1.36. The monoisotopic (exact) mass is 264 g/mol. The van der Waals surface area contributed by atoms with Gasteiger partial charge in [-0.15, -0.1) is 0 Å². The van der Waals surface area contributed by atoms with Crippen molar-refractivity contribution < 1.29 is 14.6 Å². The molecule has 0 aliphatic heterocycles. The van der Waals surface area contributed by atoms with Crippen molar-refractivity contribution in [2.45, 2.75) is 19.8 Å². The van der Waals surface area contributed by atoms with Crippen LogP contribution in [0.5, 0.6) is 0 Å². The van der Waals surface area contributed by atoms with E-state index in [1.54, 1.807) is 6.92 Å². The lowest BCUT2D eigenvalue weighted by molar-refractivity contribution is -0.138. The van der Waals surface area contributed by atoms with Gasteiger partial charge < -0.3 is 14.7 Å². The van der Waals surface area contributed by atoms with Crippen molar-refractivity contribution in [3.63, 3.8) is 0 Å². The molecule has 0 atom stereocenters. The summed E-state index contributed by atoms with van der Waals surface area (Å²) in [5.41, 5.74) is 2.22. The van der Waals surface area contributed by atoms with E-state index in [4.69, 9.17) is 5.11 Å². The lowest BCUT2D eigenvalue weighted by Crippen LogP contribution is -2.22. The number of hydrogen-bond acceptors (Lipinski definition) is 4. The van der Waals surface area contributed by atoms with E-state index in [9.17, 15) is 4.79 Å². The Balaban J connectivity index is 2.49. The minimum absolute atomic E-state index is 0.169. The van der Waals surface area contributed by atoms with E-state index in [1.165, 1.54) is 7.11 Å². The fourth-order valence-electron chi connectivity index (χ4n) is 1.79. The average Bonchev–Trinajstić information content (AvgIpc) is 2.44. The molecule has 1 rings (SSSR count). The van der Waals surface area contributed by atoms with E-state index in [0.717, 1.165) is 23.7 Å². The van der Waals surface area contributed by atoms with Crippen LogP contribution in [0, 0.1) is 5.92 Å². The predicted octanol–water partition coefficient (Wildman–Crippen LogP) is 1.82. The van der Waals surface area contributed by atoms with Crippen molar-refractivity contribution in [2.24, 2.45) is 0 Å². The maximum atomic E-state index is 11.3. The Morgan fingerprint density at radius 2 is 1.95 bits per heavy atom. The second-order valence-electron chi connectivity index (χ2n) is 4.58. The van der Waals surface area contributed by atoms with Crippen LogP contribution >= 0.6 is 0 Å². The van der Waals surface area contributed by atoms with Gasteiger partial charge in [0.15, 0.2) is 0 Å². The number of carbonyl (C=O) groups excluding carboxylic acids is 1. The van der Waals surface area contributed by atoms with Crippen LogP contribution in [0.4, 0.5) is 5.69 Å². The number of aliphatic hydroxyl groups excluding tert-OH is 1. The zero-order chi connectivity index (χ0) is 14.3. The fourth-order valence-corrected chi connectivity index (χ4v) is 1.79. The number of nitrogens with zero attached hydrogens (tertiary/aromatic N) is 1. The number of anilines is 1. The second-order valence-corrected chi connectivity index (χ2v) is 4.58. The van der Waals surface area contributed by atoms with Crippen LogP contribution in [0.25, 0.3) is 0 Å². The van der Waals surface area contributed by atoms with Crippen LogP contribution in [-0.4, -0.2) is 38.4 Å². The zero-order valence-corrected chi connectivity index (χ0v) is 11.8. The first-order chi connectivity index (χ1) is 9.08. The Labute approximate surface area is 115 Å². The molecule has 1 aromatic carbocycles. The topological polar surface area (TPSA) is 49.8 Å². The molecule has 105 valence electrons. The minimum atomic E-state index is -0.244. The van der Waals surface area contributed by atoms with Gasteiger partial charge >= 0.3 is 5.97 Å². The van der Waals surface area contributed by atoms with Crippen molar-refractivity contribution in [3.05, 3.63) is 35.7 Å². The number of hydrogen-bond donors (Lipinski definition) is 1. The minimum Gasteiger partial charge on any atom is -0.469 e. The summed E-state index contributed by atoms with van der Waals surface area (Å²) in [5.74, 6) is 0.484. The summed E-state index contributed by atoms with van der Waals surface area (Å²) >= 11 is 0. The summed E-state index contributed by atoms with van der Waals surface area (Å²) in [5, 5.41) is 8.86. The molecule has 0 heterocycles. The number of aliphatic hydroxyl groups is 1. The molecule has 1 N–H and O–H groups in total. The first-order valence-corrected chi connectivity index (χ1v) is 6.40. The normalized spacial score (nSPS) is 10.6. The lowest BCUT2D eigenvalue weighted by atomic mass is 10.1. The summed E-state index contributed by atoms with van der Waals surface area (Å²) < 4.78 is 4.67. The molecule has 0 spiro atoms. The zero-order valence-electron chi connectivity index (χ0n) is 11.8. The van der Waals surface area contributed by atoms with E-state index in [2.05, 4.69) is 9.64 Å². The van der Waals surface area contributed by atoms with Crippen LogP contribution in [0.1, 0.15) is 18.9 Å². The molecule has 1 aromatic rings. The van der Waals surface area contributed by atoms with Crippen molar-refractivity contribution in [1.82, 2.24) is 0 Å². The molecule has 19 heavy (non-hydrogen) atoms. The Bertz CT molecular complexity index is 389.